The average molecular weight is 375 g/mol. The molecule has 1 aliphatic heterocycles. The van der Waals surface area contributed by atoms with Crippen LogP contribution in [-0.2, 0) is 4.74 Å². The number of nitrogens with two attached hydrogens (primary N) is 1. The highest BCUT2D eigenvalue weighted by Crippen LogP contribution is 2.38. The maximum absolute atomic E-state index is 6.58. The molecule has 1 atom stereocenters. The maximum Gasteiger partial charge on any atom is 0.170 e. The van der Waals surface area contributed by atoms with Gasteiger partial charge in [0.1, 0.15) is 11.5 Å². The van der Waals surface area contributed by atoms with Gasteiger partial charge in [-0.1, -0.05) is 42.5 Å². The highest BCUT2D eigenvalue weighted by molar-refractivity contribution is 5.48. The summed E-state index contributed by atoms with van der Waals surface area (Å²) in [5.74, 6) is 3.27. The Balaban J connectivity index is 1.63. The predicted octanol–water partition coefficient (Wildman–Crippen LogP) is 5.70. The molecule has 0 amide bonds. The molecule has 28 heavy (non-hydrogen) atoms. The minimum absolute atomic E-state index is 0.0483. The highest BCUT2D eigenvalue weighted by Gasteiger charge is 2.23. The zero-order valence-electron chi connectivity index (χ0n) is 15.8. The molecule has 0 unspecified atom stereocenters. The fourth-order valence-corrected chi connectivity index (χ4v) is 3.47. The second kappa shape index (κ2) is 8.91. The van der Waals surface area contributed by atoms with Crippen molar-refractivity contribution in [1.29, 1.82) is 0 Å². The molecule has 1 aliphatic rings. The molecule has 0 aromatic heterocycles. The van der Waals surface area contributed by atoms with Gasteiger partial charge in [-0.2, -0.15) is 0 Å². The first-order chi connectivity index (χ1) is 13.8. The summed E-state index contributed by atoms with van der Waals surface area (Å²) in [4.78, 5) is 0. The Hall–Kier alpha value is -2.82. The van der Waals surface area contributed by atoms with Gasteiger partial charge in [0.05, 0.1) is 0 Å². The molecule has 1 fully saturated rings. The van der Waals surface area contributed by atoms with Crippen LogP contribution < -0.4 is 15.2 Å². The molecule has 0 aliphatic carbocycles. The van der Waals surface area contributed by atoms with Crippen LogP contribution in [0, 0.1) is 5.92 Å². The van der Waals surface area contributed by atoms with Crippen molar-refractivity contribution >= 4 is 0 Å². The van der Waals surface area contributed by atoms with Gasteiger partial charge in [0.25, 0.3) is 0 Å². The van der Waals surface area contributed by atoms with Gasteiger partial charge in [-0.15, -0.1) is 0 Å². The Kier molecular flexibility index (Phi) is 5.90. The van der Waals surface area contributed by atoms with Crippen LogP contribution in [0.25, 0.3) is 0 Å². The van der Waals surface area contributed by atoms with Gasteiger partial charge < -0.3 is 19.9 Å². The lowest BCUT2D eigenvalue weighted by molar-refractivity contribution is 0.0583. The van der Waals surface area contributed by atoms with E-state index in [0.29, 0.717) is 17.4 Å². The summed E-state index contributed by atoms with van der Waals surface area (Å²) < 4.78 is 17.7. The van der Waals surface area contributed by atoms with Crippen LogP contribution >= 0.6 is 0 Å². The zero-order chi connectivity index (χ0) is 19.2. The quantitative estimate of drug-likeness (QED) is 0.601. The van der Waals surface area contributed by atoms with E-state index in [1.165, 1.54) is 0 Å². The fourth-order valence-electron chi connectivity index (χ4n) is 3.47. The SMILES string of the molecule is N[C@H](c1ccc(Oc2ccccc2)c(Oc2ccccc2)c1)C1CCOCC1. The van der Waals surface area contributed by atoms with Crippen molar-refractivity contribution in [3.05, 3.63) is 84.4 Å². The van der Waals surface area contributed by atoms with Gasteiger partial charge in [0.2, 0.25) is 0 Å². The topological polar surface area (TPSA) is 53.7 Å². The number of rotatable bonds is 6. The molecule has 3 aromatic rings. The van der Waals surface area contributed by atoms with Crippen molar-refractivity contribution in [3.8, 4) is 23.0 Å². The molecule has 4 rings (SSSR count). The summed E-state index contributed by atoms with van der Waals surface area (Å²) >= 11 is 0. The Labute approximate surface area is 165 Å². The molecular formula is C24H25NO3. The van der Waals surface area contributed by atoms with Crippen LogP contribution in [0.2, 0.25) is 0 Å². The van der Waals surface area contributed by atoms with Crippen LogP contribution in [0.15, 0.2) is 78.9 Å². The first kappa shape index (κ1) is 18.5. The summed E-state index contributed by atoms with van der Waals surface area (Å²) in [7, 11) is 0. The molecular weight excluding hydrogens is 350 g/mol. The van der Waals surface area contributed by atoms with Crippen molar-refractivity contribution in [1.82, 2.24) is 0 Å². The summed E-state index contributed by atoms with van der Waals surface area (Å²) in [6.45, 7) is 1.56. The van der Waals surface area contributed by atoms with Crippen molar-refractivity contribution in [2.45, 2.75) is 18.9 Å². The largest absolute Gasteiger partial charge is 0.453 e. The lowest BCUT2D eigenvalue weighted by atomic mass is 9.87. The third kappa shape index (κ3) is 4.53. The summed E-state index contributed by atoms with van der Waals surface area (Å²) in [5.41, 5.74) is 7.64. The van der Waals surface area contributed by atoms with Crippen molar-refractivity contribution in [3.63, 3.8) is 0 Å². The van der Waals surface area contributed by atoms with E-state index in [4.69, 9.17) is 19.9 Å². The molecule has 4 heteroatoms. The van der Waals surface area contributed by atoms with Crippen LogP contribution in [0.3, 0.4) is 0 Å². The van der Waals surface area contributed by atoms with Crippen molar-refractivity contribution in [2.75, 3.05) is 13.2 Å². The first-order valence-electron chi connectivity index (χ1n) is 9.73. The predicted molar refractivity (Wildman–Crippen MR) is 110 cm³/mol. The van der Waals surface area contributed by atoms with E-state index in [1.807, 2.05) is 78.9 Å². The fraction of sp³-hybridized carbons (Fsp3) is 0.250. The normalized spacial score (nSPS) is 15.8. The molecule has 0 saturated carbocycles. The highest BCUT2D eigenvalue weighted by atomic mass is 16.5. The molecule has 3 aromatic carbocycles. The number of hydrogen-bond donors (Lipinski definition) is 1. The van der Waals surface area contributed by atoms with Gasteiger partial charge in [-0.25, -0.2) is 0 Å². The number of hydrogen-bond acceptors (Lipinski definition) is 4. The summed E-state index contributed by atoms with van der Waals surface area (Å²) in [6, 6.07) is 25.4. The Morgan fingerprint density at radius 2 is 1.32 bits per heavy atom. The molecule has 0 spiro atoms. The van der Waals surface area contributed by atoms with Gasteiger partial charge in [-0.3, -0.25) is 0 Å². The molecule has 144 valence electrons. The van der Waals surface area contributed by atoms with Gasteiger partial charge in [0.15, 0.2) is 11.5 Å². The van der Waals surface area contributed by atoms with Gasteiger partial charge >= 0.3 is 0 Å². The summed E-state index contributed by atoms with van der Waals surface area (Å²) in [6.07, 6.45) is 1.97. The number of ether oxygens (including phenoxy) is 3. The van der Waals surface area contributed by atoms with E-state index in [9.17, 15) is 0 Å². The second-order valence-corrected chi connectivity index (χ2v) is 7.01. The number of benzene rings is 3. The third-order valence-corrected chi connectivity index (χ3v) is 5.07. The lowest BCUT2D eigenvalue weighted by Crippen LogP contribution is -2.27. The van der Waals surface area contributed by atoms with E-state index in [2.05, 4.69) is 0 Å². The van der Waals surface area contributed by atoms with Crippen molar-refractivity contribution in [2.24, 2.45) is 11.7 Å². The Morgan fingerprint density at radius 3 is 1.93 bits per heavy atom. The lowest BCUT2D eigenvalue weighted by Gasteiger charge is -2.28. The minimum Gasteiger partial charge on any atom is -0.453 e. The van der Waals surface area contributed by atoms with E-state index in [1.54, 1.807) is 0 Å². The van der Waals surface area contributed by atoms with E-state index in [-0.39, 0.29) is 6.04 Å². The second-order valence-electron chi connectivity index (χ2n) is 7.01. The molecule has 1 heterocycles. The van der Waals surface area contributed by atoms with Crippen LogP contribution in [0.1, 0.15) is 24.4 Å². The van der Waals surface area contributed by atoms with E-state index in [0.717, 1.165) is 43.1 Å². The molecule has 2 N–H and O–H groups in total. The van der Waals surface area contributed by atoms with Crippen molar-refractivity contribution < 1.29 is 14.2 Å². The Morgan fingerprint density at radius 1 is 0.750 bits per heavy atom. The monoisotopic (exact) mass is 375 g/mol. The van der Waals surface area contributed by atoms with Gasteiger partial charge in [-0.05, 0) is 60.7 Å². The van der Waals surface area contributed by atoms with Crippen LogP contribution in [-0.4, -0.2) is 13.2 Å². The van der Waals surface area contributed by atoms with E-state index >= 15 is 0 Å². The molecule has 1 saturated heterocycles. The molecule has 0 radical (unpaired) electrons. The summed E-state index contributed by atoms with van der Waals surface area (Å²) in [5, 5.41) is 0. The van der Waals surface area contributed by atoms with Crippen LogP contribution in [0.5, 0.6) is 23.0 Å². The maximum atomic E-state index is 6.58. The standard InChI is InChI=1S/C24H25NO3/c25-24(18-13-15-26-16-14-18)19-11-12-22(27-20-7-3-1-4-8-20)23(17-19)28-21-9-5-2-6-10-21/h1-12,17-18,24H,13-16,25H2/t24-/m0/s1. The smallest absolute Gasteiger partial charge is 0.170 e. The van der Waals surface area contributed by atoms with E-state index < -0.39 is 0 Å². The van der Waals surface area contributed by atoms with Crippen LogP contribution in [0.4, 0.5) is 0 Å². The minimum atomic E-state index is -0.0483. The third-order valence-electron chi connectivity index (χ3n) is 5.07. The molecule has 4 nitrogen and oxygen atoms in total. The average Bonchev–Trinajstić information content (AvgIpc) is 2.76. The van der Waals surface area contributed by atoms with Gasteiger partial charge in [0, 0.05) is 19.3 Å². The number of para-hydroxylation sites is 2. The molecule has 0 bridgehead atoms. The first-order valence-corrected chi connectivity index (χ1v) is 9.73. The zero-order valence-corrected chi connectivity index (χ0v) is 15.8. The Bertz CT molecular complexity index is 877.